The number of carbonyl (C=O) groups excluding carboxylic acids is 2. The highest BCUT2D eigenvalue weighted by Gasteiger charge is 2.33. The molecule has 1 aromatic heterocycles. The number of ether oxygens (including phenoxy) is 1. The first-order valence-electron chi connectivity index (χ1n) is 10.5. The third kappa shape index (κ3) is 4.42. The molecular formula is C25H23N3O4S. The first-order chi connectivity index (χ1) is 15.9. The monoisotopic (exact) mass is 461 g/mol. The van der Waals surface area contributed by atoms with Crippen molar-refractivity contribution in [2.45, 2.75) is 26.3 Å². The van der Waals surface area contributed by atoms with Gasteiger partial charge in [-0.2, -0.15) is 0 Å². The number of hydrogen-bond donors (Lipinski definition) is 1. The van der Waals surface area contributed by atoms with Crippen molar-refractivity contribution in [2.75, 3.05) is 12.4 Å². The van der Waals surface area contributed by atoms with E-state index in [1.54, 1.807) is 22.8 Å². The number of hydrogen-bond acceptors (Lipinski definition) is 6. The van der Waals surface area contributed by atoms with E-state index in [0.29, 0.717) is 32.7 Å². The Morgan fingerprint density at radius 1 is 1.15 bits per heavy atom. The van der Waals surface area contributed by atoms with Crippen molar-refractivity contribution >= 4 is 35.0 Å². The zero-order valence-corrected chi connectivity index (χ0v) is 19.3. The molecule has 168 valence electrons. The molecule has 7 nitrogen and oxygen atoms in total. The number of benzene rings is 2. The van der Waals surface area contributed by atoms with Crippen molar-refractivity contribution in [2.24, 2.45) is 4.99 Å². The van der Waals surface area contributed by atoms with Crippen LogP contribution in [0.15, 0.2) is 75.7 Å². The molecule has 1 aliphatic heterocycles. The summed E-state index contributed by atoms with van der Waals surface area (Å²) in [5.74, 6) is -0.641. The molecule has 0 unspecified atom stereocenters. The number of rotatable bonds is 5. The second-order valence-electron chi connectivity index (χ2n) is 7.50. The van der Waals surface area contributed by atoms with Gasteiger partial charge in [0.25, 0.3) is 5.56 Å². The van der Waals surface area contributed by atoms with Crippen molar-refractivity contribution < 1.29 is 14.3 Å². The molecular weight excluding hydrogens is 438 g/mol. The Kier molecular flexibility index (Phi) is 6.37. The van der Waals surface area contributed by atoms with Crippen molar-refractivity contribution in [3.63, 3.8) is 0 Å². The van der Waals surface area contributed by atoms with E-state index in [1.807, 2.05) is 49.4 Å². The van der Waals surface area contributed by atoms with Gasteiger partial charge in [-0.1, -0.05) is 60.7 Å². The quantitative estimate of drug-likeness (QED) is 0.592. The Hall–Kier alpha value is -3.78. The minimum Gasteiger partial charge on any atom is -0.466 e. The summed E-state index contributed by atoms with van der Waals surface area (Å²) >= 11 is 1.28. The third-order valence-corrected chi connectivity index (χ3v) is 6.28. The van der Waals surface area contributed by atoms with Crippen LogP contribution in [0.4, 0.5) is 5.69 Å². The van der Waals surface area contributed by atoms with Gasteiger partial charge in [0.05, 0.1) is 29.0 Å². The van der Waals surface area contributed by atoms with Gasteiger partial charge in [0.2, 0.25) is 5.91 Å². The fourth-order valence-corrected chi connectivity index (χ4v) is 4.85. The number of nitrogens with one attached hydrogen (secondary N) is 1. The van der Waals surface area contributed by atoms with E-state index in [4.69, 9.17) is 4.74 Å². The molecule has 0 spiro atoms. The van der Waals surface area contributed by atoms with Crippen LogP contribution in [0, 0.1) is 0 Å². The maximum absolute atomic E-state index is 13.5. The molecule has 4 rings (SSSR count). The molecule has 33 heavy (non-hydrogen) atoms. The summed E-state index contributed by atoms with van der Waals surface area (Å²) < 4.78 is 7.14. The second-order valence-corrected chi connectivity index (χ2v) is 8.51. The molecule has 0 aliphatic carbocycles. The van der Waals surface area contributed by atoms with Gasteiger partial charge in [-0.05, 0) is 35.8 Å². The maximum Gasteiger partial charge on any atom is 0.338 e. The molecule has 2 heterocycles. The standard InChI is InChI=1S/C25H23N3O4S/c1-4-19-21(24(31)32-3)22(17-8-6-5-7-9-17)28-23(30)20(33-25(28)27-19)14-16-10-12-18(13-11-16)26-15(2)29/h5-14,22H,4H2,1-3H3,(H,26,29)/b20-14-/t22-/m1/s1. The van der Waals surface area contributed by atoms with Gasteiger partial charge in [-0.25, -0.2) is 9.79 Å². The highest BCUT2D eigenvalue weighted by atomic mass is 32.1. The largest absolute Gasteiger partial charge is 0.466 e. The Labute approximate surface area is 194 Å². The van der Waals surface area contributed by atoms with Gasteiger partial charge < -0.3 is 10.1 Å². The molecule has 1 N–H and O–H groups in total. The van der Waals surface area contributed by atoms with Gasteiger partial charge in [0.1, 0.15) is 0 Å². The number of allylic oxidation sites excluding steroid dienone is 1. The van der Waals surface area contributed by atoms with Crippen LogP contribution >= 0.6 is 11.3 Å². The van der Waals surface area contributed by atoms with E-state index in [0.717, 1.165) is 11.1 Å². The molecule has 0 saturated carbocycles. The normalized spacial score (nSPS) is 15.6. The van der Waals surface area contributed by atoms with Crippen molar-refractivity contribution in [3.05, 3.63) is 96.7 Å². The summed E-state index contributed by atoms with van der Waals surface area (Å²) in [5.41, 5.74) is 3.07. The summed E-state index contributed by atoms with van der Waals surface area (Å²) in [4.78, 5) is 42.7. The molecule has 3 aromatic rings. The predicted octanol–water partition coefficient (Wildman–Crippen LogP) is 2.76. The first-order valence-corrected chi connectivity index (χ1v) is 11.3. The lowest BCUT2D eigenvalue weighted by atomic mass is 9.95. The van der Waals surface area contributed by atoms with Crippen molar-refractivity contribution in [1.29, 1.82) is 0 Å². The molecule has 1 amide bonds. The van der Waals surface area contributed by atoms with Gasteiger partial charge in [0, 0.05) is 12.6 Å². The number of carbonyl (C=O) groups is 2. The summed E-state index contributed by atoms with van der Waals surface area (Å²) in [6.45, 7) is 3.37. The third-order valence-electron chi connectivity index (χ3n) is 5.29. The average Bonchev–Trinajstić information content (AvgIpc) is 3.13. The van der Waals surface area contributed by atoms with Crippen molar-refractivity contribution in [3.8, 4) is 0 Å². The summed E-state index contributed by atoms with van der Waals surface area (Å²) in [5, 5.41) is 2.72. The zero-order chi connectivity index (χ0) is 23.5. The number of aromatic nitrogens is 1. The fraction of sp³-hybridized carbons (Fsp3) is 0.200. The number of thiazole rings is 1. The topological polar surface area (TPSA) is 89.8 Å². The second kappa shape index (κ2) is 9.38. The molecule has 8 heteroatoms. The van der Waals surface area contributed by atoms with Crippen LogP contribution in [0.3, 0.4) is 0 Å². The van der Waals surface area contributed by atoms with Crippen LogP contribution in [-0.2, 0) is 14.3 Å². The first kappa shape index (κ1) is 22.4. The van der Waals surface area contributed by atoms with E-state index in [2.05, 4.69) is 10.3 Å². The van der Waals surface area contributed by atoms with Crippen molar-refractivity contribution in [1.82, 2.24) is 4.57 Å². The zero-order valence-electron chi connectivity index (χ0n) is 18.5. The van der Waals surface area contributed by atoms with E-state index >= 15 is 0 Å². The minimum absolute atomic E-state index is 0.148. The predicted molar refractivity (Wildman–Crippen MR) is 128 cm³/mol. The Morgan fingerprint density at radius 3 is 2.45 bits per heavy atom. The Morgan fingerprint density at radius 2 is 1.85 bits per heavy atom. The molecule has 2 aromatic carbocycles. The number of methoxy groups -OCH3 is 1. The number of fused-ring (bicyclic) bond motifs is 1. The van der Waals surface area contributed by atoms with Crippen LogP contribution < -0.4 is 20.2 Å². The average molecular weight is 462 g/mol. The van der Waals surface area contributed by atoms with E-state index in [9.17, 15) is 14.4 Å². The van der Waals surface area contributed by atoms with Gasteiger partial charge >= 0.3 is 5.97 Å². The van der Waals surface area contributed by atoms with E-state index < -0.39 is 12.0 Å². The smallest absolute Gasteiger partial charge is 0.338 e. The van der Waals surface area contributed by atoms with Crippen LogP contribution in [0.25, 0.3) is 6.08 Å². The molecule has 0 saturated heterocycles. The van der Waals surface area contributed by atoms with Crippen LogP contribution in [0.1, 0.15) is 37.4 Å². The van der Waals surface area contributed by atoms with E-state index in [1.165, 1.54) is 25.4 Å². The molecule has 0 fully saturated rings. The highest BCUT2D eigenvalue weighted by Crippen LogP contribution is 2.31. The van der Waals surface area contributed by atoms with Gasteiger partial charge in [-0.15, -0.1) is 0 Å². The maximum atomic E-state index is 13.5. The lowest BCUT2D eigenvalue weighted by molar-refractivity contribution is -0.136. The summed E-state index contributed by atoms with van der Waals surface area (Å²) in [7, 11) is 1.33. The highest BCUT2D eigenvalue weighted by molar-refractivity contribution is 7.07. The lowest BCUT2D eigenvalue weighted by Gasteiger charge is -2.25. The molecule has 0 radical (unpaired) electrons. The molecule has 0 bridgehead atoms. The fourth-order valence-electron chi connectivity index (χ4n) is 3.83. The van der Waals surface area contributed by atoms with Crippen LogP contribution in [-0.4, -0.2) is 23.6 Å². The molecule has 1 atom stereocenters. The Balaban J connectivity index is 1.89. The lowest BCUT2D eigenvalue weighted by Crippen LogP contribution is -2.40. The number of amides is 1. The van der Waals surface area contributed by atoms with Gasteiger partial charge in [0.15, 0.2) is 4.80 Å². The minimum atomic E-state index is -0.617. The Bertz CT molecular complexity index is 1420. The molecule has 1 aliphatic rings. The van der Waals surface area contributed by atoms with Crippen LogP contribution in [0.2, 0.25) is 0 Å². The van der Waals surface area contributed by atoms with Gasteiger partial charge in [-0.3, -0.25) is 14.2 Å². The number of esters is 1. The summed E-state index contributed by atoms with van der Waals surface area (Å²) in [6, 6.07) is 16.0. The van der Waals surface area contributed by atoms with Crippen LogP contribution in [0.5, 0.6) is 0 Å². The number of nitrogens with zero attached hydrogens (tertiary/aromatic N) is 2. The SMILES string of the molecule is CCC1=C(C(=O)OC)[C@@H](c2ccccc2)n2c(s/c(=C\c3ccc(NC(C)=O)cc3)c2=O)=N1. The summed E-state index contributed by atoms with van der Waals surface area (Å²) in [6.07, 6.45) is 2.32. The number of anilines is 1. The van der Waals surface area contributed by atoms with E-state index in [-0.39, 0.29) is 11.5 Å².